The van der Waals surface area contributed by atoms with E-state index in [0.29, 0.717) is 0 Å². The normalized spacial score (nSPS) is 18.6. The molecule has 1 aliphatic carbocycles. The number of hydrogen-bond acceptors (Lipinski definition) is 4. The zero-order valence-electron chi connectivity index (χ0n) is 9.36. The summed E-state index contributed by atoms with van der Waals surface area (Å²) in [5, 5.41) is 3.23. The molecule has 2 aromatic rings. The molecule has 84 valence electrons. The number of fused-ring (bicyclic) bond motifs is 1. The SMILES string of the molecule is CNCC1(c2nc3ncccc3o2)CCC1. The van der Waals surface area contributed by atoms with E-state index in [1.807, 2.05) is 19.2 Å². The predicted octanol–water partition coefficient (Wildman–Crippen LogP) is 1.86. The van der Waals surface area contributed by atoms with Crippen LogP contribution >= 0.6 is 0 Å². The minimum Gasteiger partial charge on any atom is -0.438 e. The lowest BCUT2D eigenvalue weighted by Gasteiger charge is -2.38. The lowest BCUT2D eigenvalue weighted by molar-refractivity contribution is 0.192. The molecule has 2 heterocycles. The van der Waals surface area contributed by atoms with E-state index in [-0.39, 0.29) is 5.41 Å². The average Bonchev–Trinajstić information content (AvgIpc) is 2.66. The number of rotatable bonds is 3. The number of pyridine rings is 1. The molecule has 0 amide bonds. The molecule has 1 aliphatic rings. The van der Waals surface area contributed by atoms with Crippen molar-refractivity contribution in [2.45, 2.75) is 24.7 Å². The monoisotopic (exact) mass is 217 g/mol. The molecular weight excluding hydrogens is 202 g/mol. The van der Waals surface area contributed by atoms with Crippen molar-refractivity contribution in [2.24, 2.45) is 0 Å². The molecule has 0 unspecified atom stereocenters. The van der Waals surface area contributed by atoms with Crippen LogP contribution in [0.25, 0.3) is 11.2 Å². The summed E-state index contributed by atoms with van der Waals surface area (Å²) in [6, 6.07) is 3.80. The van der Waals surface area contributed by atoms with Gasteiger partial charge in [-0.2, -0.15) is 4.98 Å². The van der Waals surface area contributed by atoms with E-state index in [1.165, 1.54) is 6.42 Å². The Hall–Kier alpha value is -1.42. The van der Waals surface area contributed by atoms with Crippen molar-refractivity contribution < 1.29 is 4.42 Å². The molecule has 0 saturated heterocycles. The van der Waals surface area contributed by atoms with Crippen molar-refractivity contribution in [3.8, 4) is 0 Å². The van der Waals surface area contributed by atoms with Gasteiger partial charge in [-0.15, -0.1) is 0 Å². The van der Waals surface area contributed by atoms with Crippen molar-refractivity contribution in [2.75, 3.05) is 13.6 Å². The fourth-order valence-corrected chi connectivity index (χ4v) is 2.40. The van der Waals surface area contributed by atoms with E-state index >= 15 is 0 Å². The predicted molar refractivity (Wildman–Crippen MR) is 61.3 cm³/mol. The Balaban J connectivity index is 2.04. The Morgan fingerprint density at radius 2 is 2.38 bits per heavy atom. The molecular formula is C12H15N3O. The van der Waals surface area contributed by atoms with E-state index in [4.69, 9.17) is 4.42 Å². The molecule has 0 aromatic carbocycles. The highest BCUT2D eigenvalue weighted by Gasteiger charge is 2.42. The van der Waals surface area contributed by atoms with Crippen molar-refractivity contribution in [3.05, 3.63) is 24.2 Å². The van der Waals surface area contributed by atoms with Gasteiger partial charge < -0.3 is 9.73 Å². The van der Waals surface area contributed by atoms with Crippen LogP contribution in [0.3, 0.4) is 0 Å². The summed E-state index contributed by atoms with van der Waals surface area (Å²) in [5.41, 5.74) is 1.62. The molecule has 1 fully saturated rings. The third-order valence-electron chi connectivity index (χ3n) is 3.44. The van der Waals surface area contributed by atoms with Gasteiger partial charge in [0.2, 0.25) is 5.89 Å². The van der Waals surface area contributed by atoms with Crippen molar-refractivity contribution in [1.82, 2.24) is 15.3 Å². The maximum Gasteiger partial charge on any atom is 0.204 e. The molecule has 0 aliphatic heterocycles. The van der Waals surface area contributed by atoms with E-state index in [2.05, 4.69) is 15.3 Å². The molecule has 4 heteroatoms. The van der Waals surface area contributed by atoms with Gasteiger partial charge in [-0.25, -0.2) is 4.98 Å². The lowest BCUT2D eigenvalue weighted by atomic mass is 9.68. The van der Waals surface area contributed by atoms with Crippen LogP contribution in [0.5, 0.6) is 0 Å². The molecule has 1 N–H and O–H groups in total. The number of hydrogen-bond donors (Lipinski definition) is 1. The summed E-state index contributed by atoms with van der Waals surface area (Å²) in [5.74, 6) is 0.849. The first kappa shape index (κ1) is 9.78. The minimum atomic E-state index is 0.107. The second-order valence-electron chi connectivity index (χ2n) is 4.51. The fourth-order valence-electron chi connectivity index (χ4n) is 2.40. The van der Waals surface area contributed by atoms with Crippen molar-refractivity contribution in [3.63, 3.8) is 0 Å². The second kappa shape index (κ2) is 3.56. The van der Waals surface area contributed by atoms with Gasteiger partial charge in [0.25, 0.3) is 0 Å². The number of likely N-dealkylation sites (N-methyl/N-ethyl adjacent to an activating group) is 1. The highest BCUT2D eigenvalue weighted by molar-refractivity contribution is 5.67. The van der Waals surface area contributed by atoms with Crippen molar-refractivity contribution >= 4 is 11.2 Å². The molecule has 3 rings (SSSR count). The Bertz CT molecular complexity index is 469. The number of nitrogens with zero attached hydrogens (tertiary/aromatic N) is 2. The van der Waals surface area contributed by atoms with E-state index in [0.717, 1.165) is 36.5 Å². The van der Waals surface area contributed by atoms with Gasteiger partial charge in [0.15, 0.2) is 11.2 Å². The maximum absolute atomic E-state index is 5.81. The largest absolute Gasteiger partial charge is 0.438 e. The highest BCUT2D eigenvalue weighted by Crippen LogP contribution is 2.43. The zero-order valence-corrected chi connectivity index (χ0v) is 9.36. The van der Waals surface area contributed by atoms with Gasteiger partial charge in [-0.3, -0.25) is 0 Å². The Labute approximate surface area is 94.1 Å². The average molecular weight is 217 g/mol. The minimum absolute atomic E-state index is 0.107. The first-order valence-corrected chi connectivity index (χ1v) is 5.71. The molecule has 0 atom stereocenters. The summed E-state index contributed by atoms with van der Waals surface area (Å²) in [4.78, 5) is 8.72. The van der Waals surface area contributed by atoms with Gasteiger partial charge in [-0.05, 0) is 32.0 Å². The van der Waals surface area contributed by atoms with Crippen LogP contribution in [0.2, 0.25) is 0 Å². The van der Waals surface area contributed by atoms with Crippen LogP contribution in [0.4, 0.5) is 0 Å². The summed E-state index contributed by atoms with van der Waals surface area (Å²) in [6.07, 6.45) is 5.31. The Morgan fingerprint density at radius 1 is 1.50 bits per heavy atom. The Morgan fingerprint density at radius 3 is 3.00 bits per heavy atom. The topological polar surface area (TPSA) is 51.0 Å². The molecule has 0 spiro atoms. The zero-order chi connectivity index (χ0) is 11.0. The second-order valence-corrected chi connectivity index (χ2v) is 4.51. The lowest BCUT2D eigenvalue weighted by Crippen LogP contribution is -2.43. The van der Waals surface area contributed by atoms with Crippen LogP contribution < -0.4 is 5.32 Å². The van der Waals surface area contributed by atoms with E-state index < -0.39 is 0 Å². The quantitative estimate of drug-likeness (QED) is 0.852. The fraction of sp³-hybridized carbons (Fsp3) is 0.500. The highest BCUT2D eigenvalue weighted by atomic mass is 16.4. The van der Waals surface area contributed by atoms with Gasteiger partial charge in [0.05, 0.1) is 5.41 Å². The molecule has 16 heavy (non-hydrogen) atoms. The first-order valence-electron chi connectivity index (χ1n) is 5.71. The van der Waals surface area contributed by atoms with Crippen LogP contribution in [-0.2, 0) is 5.41 Å². The summed E-state index contributed by atoms with van der Waals surface area (Å²) >= 11 is 0. The molecule has 0 bridgehead atoms. The number of nitrogens with one attached hydrogen (secondary N) is 1. The first-order chi connectivity index (χ1) is 7.84. The van der Waals surface area contributed by atoms with E-state index in [1.54, 1.807) is 6.20 Å². The van der Waals surface area contributed by atoms with E-state index in [9.17, 15) is 0 Å². The van der Waals surface area contributed by atoms with Crippen LogP contribution in [0, 0.1) is 0 Å². The molecule has 0 radical (unpaired) electrons. The summed E-state index contributed by atoms with van der Waals surface area (Å²) in [6.45, 7) is 0.930. The van der Waals surface area contributed by atoms with Gasteiger partial charge in [0, 0.05) is 12.7 Å². The smallest absolute Gasteiger partial charge is 0.204 e. The number of aromatic nitrogens is 2. The van der Waals surface area contributed by atoms with Gasteiger partial charge in [0.1, 0.15) is 0 Å². The summed E-state index contributed by atoms with van der Waals surface area (Å²) < 4.78 is 5.81. The molecule has 1 saturated carbocycles. The van der Waals surface area contributed by atoms with Gasteiger partial charge >= 0.3 is 0 Å². The third kappa shape index (κ3) is 1.33. The van der Waals surface area contributed by atoms with Crippen LogP contribution in [0.15, 0.2) is 22.7 Å². The van der Waals surface area contributed by atoms with Gasteiger partial charge in [-0.1, -0.05) is 6.42 Å². The van der Waals surface area contributed by atoms with Crippen LogP contribution in [-0.4, -0.2) is 23.6 Å². The molecule has 4 nitrogen and oxygen atoms in total. The maximum atomic E-state index is 5.81. The third-order valence-corrected chi connectivity index (χ3v) is 3.44. The number of oxazole rings is 1. The van der Waals surface area contributed by atoms with Crippen LogP contribution in [0.1, 0.15) is 25.2 Å². The Kier molecular flexibility index (Phi) is 2.17. The van der Waals surface area contributed by atoms with Crippen molar-refractivity contribution in [1.29, 1.82) is 0 Å². The molecule has 2 aromatic heterocycles. The standard InChI is InChI=1S/C12H15N3O/c1-13-8-12(5-3-6-12)11-15-10-9(16-11)4-2-7-14-10/h2,4,7,13H,3,5-6,8H2,1H3. The summed E-state index contributed by atoms with van der Waals surface area (Å²) in [7, 11) is 1.97.